The standard InChI is InChI=1S/C13H20N2O2S/c1-9(2)17-7-6-15(3)13-14-12(10-4-5-10)11(8-16)18-13/h8-10H,4-7H2,1-3H3. The third-order valence-electron chi connectivity index (χ3n) is 2.95. The van der Waals surface area contributed by atoms with E-state index in [-0.39, 0.29) is 6.10 Å². The molecular weight excluding hydrogens is 248 g/mol. The lowest BCUT2D eigenvalue weighted by atomic mass is 10.3. The summed E-state index contributed by atoms with van der Waals surface area (Å²) in [6.45, 7) is 5.54. The van der Waals surface area contributed by atoms with Crippen molar-refractivity contribution in [2.75, 3.05) is 25.1 Å². The van der Waals surface area contributed by atoms with E-state index < -0.39 is 0 Å². The van der Waals surface area contributed by atoms with Crippen LogP contribution >= 0.6 is 11.3 Å². The molecule has 0 unspecified atom stereocenters. The van der Waals surface area contributed by atoms with Crippen molar-refractivity contribution in [1.82, 2.24) is 4.98 Å². The number of ether oxygens (including phenoxy) is 1. The Morgan fingerprint density at radius 2 is 2.28 bits per heavy atom. The van der Waals surface area contributed by atoms with E-state index in [1.807, 2.05) is 20.9 Å². The van der Waals surface area contributed by atoms with Crippen LogP contribution in [0.1, 0.15) is 48.0 Å². The van der Waals surface area contributed by atoms with Crippen molar-refractivity contribution in [2.45, 2.75) is 38.7 Å². The van der Waals surface area contributed by atoms with Crippen molar-refractivity contribution in [1.29, 1.82) is 0 Å². The predicted molar refractivity (Wildman–Crippen MR) is 73.8 cm³/mol. The summed E-state index contributed by atoms with van der Waals surface area (Å²) in [4.78, 5) is 18.5. The Labute approximate surface area is 112 Å². The highest BCUT2D eigenvalue weighted by atomic mass is 32.1. The quantitative estimate of drug-likeness (QED) is 0.713. The van der Waals surface area contributed by atoms with Crippen LogP contribution in [0.4, 0.5) is 5.13 Å². The summed E-state index contributed by atoms with van der Waals surface area (Å²) in [5.74, 6) is 0.524. The zero-order valence-corrected chi connectivity index (χ0v) is 12.0. The Bertz CT molecular complexity index is 413. The zero-order chi connectivity index (χ0) is 13.1. The van der Waals surface area contributed by atoms with Crippen molar-refractivity contribution < 1.29 is 9.53 Å². The number of hydrogen-bond acceptors (Lipinski definition) is 5. The average Bonchev–Trinajstić information content (AvgIpc) is 3.08. The van der Waals surface area contributed by atoms with Gasteiger partial charge in [0.2, 0.25) is 0 Å². The van der Waals surface area contributed by atoms with Crippen molar-refractivity contribution in [3.8, 4) is 0 Å². The van der Waals surface area contributed by atoms with Crippen LogP contribution < -0.4 is 4.90 Å². The molecule has 1 saturated carbocycles. The topological polar surface area (TPSA) is 42.4 Å². The fraction of sp³-hybridized carbons (Fsp3) is 0.692. The molecule has 0 aromatic carbocycles. The van der Waals surface area contributed by atoms with Crippen LogP contribution in [-0.4, -0.2) is 37.6 Å². The molecule has 0 bridgehead atoms. The Kier molecular flexibility index (Phi) is 4.35. The van der Waals surface area contributed by atoms with Crippen LogP contribution in [0.3, 0.4) is 0 Å². The van der Waals surface area contributed by atoms with Crippen molar-refractivity contribution in [3.05, 3.63) is 10.6 Å². The van der Waals surface area contributed by atoms with Crippen LogP contribution in [0.5, 0.6) is 0 Å². The minimum Gasteiger partial charge on any atom is -0.377 e. The van der Waals surface area contributed by atoms with Gasteiger partial charge in [-0.05, 0) is 26.7 Å². The molecule has 1 heterocycles. The molecule has 0 spiro atoms. The first-order chi connectivity index (χ1) is 8.61. The first kappa shape index (κ1) is 13.5. The van der Waals surface area contributed by atoms with E-state index in [0.29, 0.717) is 12.5 Å². The lowest BCUT2D eigenvalue weighted by Gasteiger charge is -2.16. The van der Waals surface area contributed by atoms with E-state index >= 15 is 0 Å². The first-order valence-corrected chi connectivity index (χ1v) is 7.22. The van der Waals surface area contributed by atoms with Crippen LogP contribution in [-0.2, 0) is 4.74 Å². The normalized spacial score (nSPS) is 15.1. The van der Waals surface area contributed by atoms with Gasteiger partial charge in [0.1, 0.15) is 0 Å². The fourth-order valence-corrected chi connectivity index (χ4v) is 2.70. The van der Waals surface area contributed by atoms with Gasteiger partial charge in [0.05, 0.1) is 23.3 Å². The molecule has 0 aliphatic heterocycles. The number of carbonyl (C=O) groups excluding carboxylic acids is 1. The molecule has 0 atom stereocenters. The number of likely N-dealkylation sites (N-methyl/N-ethyl adjacent to an activating group) is 1. The van der Waals surface area contributed by atoms with Gasteiger partial charge in [-0.15, -0.1) is 0 Å². The van der Waals surface area contributed by atoms with E-state index in [9.17, 15) is 4.79 Å². The van der Waals surface area contributed by atoms with Gasteiger partial charge >= 0.3 is 0 Å². The fourth-order valence-electron chi connectivity index (χ4n) is 1.75. The van der Waals surface area contributed by atoms with Gasteiger partial charge in [0.25, 0.3) is 0 Å². The van der Waals surface area contributed by atoms with Gasteiger partial charge in [0.15, 0.2) is 11.4 Å². The molecule has 18 heavy (non-hydrogen) atoms. The highest BCUT2D eigenvalue weighted by Gasteiger charge is 2.30. The third kappa shape index (κ3) is 3.29. The Morgan fingerprint density at radius 1 is 1.56 bits per heavy atom. The number of hydrogen-bond donors (Lipinski definition) is 0. The molecule has 1 aliphatic carbocycles. The van der Waals surface area contributed by atoms with Crippen LogP contribution in [0.15, 0.2) is 0 Å². The maximum atomic E-state index is 11.0. The van der Waals surface area contributed by atoms with Crippen LogP contribution in [0, 0.1) is 0 Å². The Morgan fingerprint density at radius 3 is 2.83 bits per heavy atom. The van der Waals surface area contributed by atoms with Crippen molar-refractivity contribution in [2.24, 2.45) is 0 Å². The molecule has 1 fully saturated rings. The number of aromatic nitrogens is 1. The van der Waals surface area contributed by atoms with Gasteiger partial charge in [-0.25, -0.2) is 4.98 Å². The van der Waals surface area contributed by atoms with Crippen molar-refractivity contribution in [3.63, 3.8) is 0 Å². The molecule has 1 aromatic rings. The second-order valence-corrected chi connectivity index (χ2v) is 5.99. The summed E-state index contributed by atoms with van der Waals surface area (Å²) in [5.41, 5.74) is 1.00. The van der Waals surface area contributed by atoms with E-state index in [2.05, 4.69) is 9.88 Å². The second kappa shape index (κ2) is 5.80. The van der Waals surface area contributed by atoms with E-state index in [4.69, 9.17) is 4.74 Å². The molecule has 1 aromatic heterocycles. The molecule has 4 nitrogen and oxygen atoms in total. The van der Waals surface area contributed by atoms with Gasteiger partial charge in [-0.3, -0.25) is 4.79 Å². The molecule has 0 saturated heterocycles. The molecule has 1 aliphatic rings. The van der Waals surface area contributed by atoms with Crippen molar-refractivity contribution >= 4 is 22.8 Å². The van der Waals surface area contributed by atoms with Gasteiger partial charge < -0.3 is 9.64 Å². The summed E-state index contributed by atoms with van der Waals surface area (Å²) < 4.78 is 5.52. The summed E-state index contributed by atoms with van der Waals surface area (Å²) in [6.07, 6.45) is 3.53. The number of nitrogens with zero attached hydrogens (tertiary/aromatic N) is 2. The van der Waals surface area contributed by atoms with Crippen LogP contribution in [0.2, 0.25) is 0 Å². The lowest BCUT2D eigenvalue weighted by molar-refractivity contribution is 0.0846. The van der Waals surface area contributed by atoms with E-state index in [0.717, 1.165) is 28.5 Å². The number of aldehydes is 1. The Balaban J connectivity index is 1.97. The van der Waals surface area contributed by atoms with Gasteiger partial charge in [0, 0.05) is 19.5 Å². The minimum absolute atomic E-state index is 0.252. The molecular formula is C13H20N2O2S. The monoisotopic (exact) mass is 268 g/mol. The SMILES string of the molecule is CC(C)OCCN(C)c1nc(C2CC2)c(C=O)s1. The van der Waals surface area contributed by atoms with E-state index in [1.54, 1.807) is 0 Å². The zero-order valence-electron chi connectivity index (χ0n) is 11.2. The first-order valence-electron chi connectivity index (χ1n) is 6.40. The summed E-state index contributed by atoms with van der Waals surface area (Å²) in [6, 6.07) is 0. The number of anilines is 1. The number of carbonyl (C=O) groups is 1. The van der Waals surface area contributed by atoms with Gasteiger partial charge in [-0.2, -0.15) is 0 Å². The summed E-state index contributed by atoms with van der Waals surface area (Å²) in [7, 11) is 1.99. The minimum atomic E-state index is 0.252. The van der Waals surface area contributed by atoms with E-state index in [1.165, 1.54) is 24.2 Å². The molecule has 2 rings (SSSR count). The molecule has 5 heteroatoms. The van der Waals surface area contributed by atoms with Gasteiger partial charge in [-0.1, -0.05) is 11.3 Å². The number of rotatable bonds is 7. The third-order valence-corrected chi connectivity index (χ3v) is 4.06. The molecule has 0 amide bonds. The Hall–Kier alpha value is -0.940. The number of thiazole rings is 1. The maximum absolute atomic E-state index is 11.0. The summed E-state index contributed by atoms with van der Waals surface area (Å²) >= 11 is 1.49. The predicted octanol–water partition coefficient (Wildman–Crippen LogP) is 2.69. The highest BCUT2D eigenvalue weighted by Crippen LogP contribution is 2.43. The smallest absolute Gasteiger partial charge is 0.186 e. The summed E-state index contributed by atoms with van der Waals surface area (Å²) in [5, 5.41) is 0.923. The molecule has 0 N–H and O–H groups in total. The highest BCUT2D eigenvalue weighted by molar-refractivity contribution is 7.17. The van der Waals surface area contributed by atoms with Crippen LogP contribution in [0.25, 0.3) is 0 Å². The average molecular weight is 268 g/mol. The molecule has 100 valence electrons. The maximum Gasteiger partial charge on any atom is 0.186 e. The second-order valence-electron chi connectivity index (χ2n) is 4.98. The molecule has 0 radical (unpaired) electrons. The largest absolute Gasteiger partial charge is 0.377 e. The lowest BCUT2D eigenvalue weighted by Crippen LogP contribution is -2.23.